The first kappa shape index (κ1) is 27.4. The summed E-state index contributed by atoms with van der Waals surface area (Å²) in [6.45, 7) is 7.83. The topological polar surface area (TPSA) is 44.8 Å². The second kappa shape index (κ2) is 12.2. The molecular formula is C28H32Cl2O4Si. The monoisotopic (exact) mass is 530 g/mol. The third kappa shape index (κ3) is 6.35. The van der Waals surface area contributed by atoms with Gasteiger partial charge in [0.1, 0.15) is 5.75 Å². The van der Waals surface area contributed by atoms with Gasteiger partial charge in [0.05, 0.1) is 18.2 Å². The molecule has 3 aromatic rings. The molecule has 0 amide bonds. The van der Waals surface area contributed by atoms with Crippen molar-refractivity contribution in [1.29, 1.82) is 0 Å². The molecule has 3 rings (SSSR count). The summed E-state index contributed by atoms with van der Waals surface area (Å²) in [5.74, 6) is 0.491. The van der Waals surface area contributed by atoms with E-state index in [1.54, 1.807) is 19.2 Å². The average molecular weight is 532 g/mol. The van der Waals surface area contributed by atoms with Crippen molar-refractivity contribution in [1.82, 2.24) is 0 Å². The van der Waals surface area contributed by atoms with E-state index in [9.17, 15) is 4.79 Å². The molecule has 0 bridgehead atoms. The zero-order chi connectivity index (χ0) is 25.5. The van der Waals surface area contributed by atoms with Crippen LogP contribution < -0.4 is 15.1 Å². The van der Waals surface area contributed by atoms with E-state index in [0.29, 0.717) is 35.1 Å². The minimum Gasteiger partial charge on any atom is -0.492 e. The first-order valence-electron chi connectivity index (χ1n) is 11.6. The Bertz CT molecular complexity index is 1080. The number of carbonyl (C=O) groups is 1. The molecule has 0 saturated carbocycles. The Labute approximate surface area is 219 Å². The summed E-state index contributed by atoms with van der Waals surface area (Å²) in [5, 5.41) is 1.86. The molecule has 7 heteroatoms. The Morgan fingerprint density at radius 3 is 1.97 bits per heavy atom. The van der Waals surface area contributed by atoms with Crippen molar-refractivity contribution in [3.8, 4) is 5.75 Å². The SMILES string of the molecule is COCCCOc1cc(CO[Si](c2ccccc2)(c2ccccc2)C(C)(C)C)c(C(=O)Cl)cc1Cl. The number of methoxy groups -OCH3 is 1. The summed E-state index contributed by atoms with van der Waals surface area (Å²) < 4.78 is 17.9. The predicted octanol–water partition coefficient (Wildman–Crippen LogP) is 6.21. The molecule has 4 nitrogen and oxygen atoms in total. The quantitative estimate of drug-likeness (QED) is 0.168. The number of hydrogen-bond donors (Lipinski definition) is 0. The molecule has 0 aromatic heterocycles. The molecular weight excluding hydrogens is 499 g/mol. The smallest absolute Gasteiger partial charge is 0.261 e. The lowest BCUT2D eigenvalue weighted by Crippen LogP contribution is -2.66. The van der Waals surface area contributed by atoms with Gasteiger partial charge in [-0.2, -0.15) is 0 Å². The van der Waals surface area contributed by atoms with Crippen molar-refractivity contribution in [2.24, 2.45) is 0 Å². The van der Waals surface area contributed by atoms with Crippen LogP contribution in [0.1, 0.15) is 43.1 Å². The van der Waals surface area contributed by atoms with E-state index in [1.807, 2.05) is 36.4 Å². The van der Waals surface area contributed by atoms with Crippen LogP contribution in [0.2, 0.25) is 10.1 Å². The highest BCUT2D eigenvalue weighted by Crippen LogP contribution is 2.38. The van der Waals surface area contributed by atoms with Gasteiger partial charge >= 0.3 is 0 Å². The standard InChI is InChI=1S/C28H32Cl2O4Si/c1-28(2,3)35(22-12-7-5-8-13-22,23-14-9-6-10-15-23)34-20-21-18-26(33-17-11-16-32-4)25(29)19-24(21)27(30)31/h5-10,12-15,18-19H,11,16-17,20H2,1-4H3. The summed E-state index contributed by atoms with van der Waals surface area (Å²) in [6, 6.07) is 24.0. The molecule has 0 aliphatic carbocycles. The molecule has 35 heavy (non-hydrogen) atoms. The molecule has 3 aromatic carbocycles. The maximum Gasteiger partial charge on any atom is 0.261 e. The molecule has 0 N–H and O–H groups in total. The molecule has 0 aliphatic rings. The van der Waals surface area contributed by atoms with Gasteiger partial charge in [0, 0.05) is 25.7 Å². The summed E-state index contributed by atoms with van der Waals surface area (Å²) in [6.07, 6.45) is 0.719. The maximum absolute atomic E-state index is 12.3. The van der Waals surface area contributed by atoms with Gasteiger partial charge in [-0.3, -0.25) is 4.79 Å². The van der Waals surface area contributed by atoms with Crippen molar-refractivity contribution < 1.29 is 18.7 Å². The van der Waals surface area contributed by atoms with Crippen LogP contribution in [0.5, 0.6) is 5.75 Å². The highest BCUT2D eigenvalue weighted by molar-refractivity contribution is 6.99. The lowest BCUT2D eigenvalue weighted by Gasteiger charge is -2.43. The van der Waals surface area contributed by atoms with Crippen LogP contribution in [0.3, 0.4) is 0 Å². The predicted molar refractivity (Wildman–Crippen MR) is 146 cm³/mol. The maximum atomic E-state index is 12.3. The molecule has 0 fully saturated rings. The van der Waals surface area contributed by atoms with E-state index in [2.05, 4.69) is 45.0 Å². The first-order chi connectivity index (χ1) is 16.7. The summed E-state index contributed by atoms with van der Waals surface area (Å²) in [5.41, 5.74) is 0.961. The number of benzene rings is 3. The van der Waals surface area contributed by atoms with Gasteiger partial charge in [0.25, 0.3) is 13.6 Å². The van der Waals surface area contributed by atoms with Gasteiger partial charge in [-0.25, -0.2) is 0 Å². The lowest BCUT2D eigenvalue weighted by atomic mass is 10.1. The summed E-state index contributed by atoms with van der Waals surface area (Å²) in [4.78, 5) is 12.3. The molecule has 0 radical (unpaired) electrons. The second-order valence-corrected chi connectivity index (χ2v) is 14.4. The van der Waals surface area contributed by atoms with Crippen LogP contribution in [0.15, 0.2) is 72.8 Å². The van der Waals surface area contributed by atoms with Crippen LogP contribution in [0, 0.1) is 0 Å². The van der Waals surface area contributed by atoms with E-state index in [1.165, 1.54) is 0 Å². The van der Waals surface area contributed by atoms with Gasteiger partial charge in [-0.15, -0.1) is 0 Å². The molecule has 186 valence electrons. The zero-order valence-electron chi connectivity index (χ0n) is 20.6. The summed E-state index contributed by atoms with van der Waals surface area (Å²) in [7, 11) is -1.15. The largest absolute Gasteiger partial charge is 0.492 e. The van der Waals surface area contributed by atoms with Crippen LogP contribution >= 0.6 is 23.2 Å². The first-order valence-corrected chi connectivity index (χ1v) is 14.3. The Balaban J connectivity index is 2.06. The van der Waals surface area contributed by atoms with Gasteiger partial charge in [0.2, 0.25) is 0 Å². The van der Waals surface area contributed by atoms with Crippen LogP contribution in [0.4, 0.5) is 0 Å². The van der Waals surface area contributed by atoms with E-state index in [0.717, 1.165) is 16.8 Å². The number of rotatable bonds is 11. The zero-order valence-corrected chi connectivity index (χ0v) is 23.2. The van der Waals surface area contributed by atoms with Crippen LogP contribution in [-0.4, -0.2) is 33.9 Å². The van der Waals surface area contributed by atoms with E-state index in [-0.39, 0.29) is 11.6 Å². The molecule has 0 saturated heterocycles. The lowest BCUT2D eigenvalue weighted by molar-refractivity contribution is 0.107. The molecule has 0 aliphatic heterocycles. The van der Waals surface area contributed by atoms with Crippen LogP contribution in [-0.2, 0) is 15.8 Å². The van der Waals surface area contributed by atoms with Crippen molar-refractivity contribution >= 4 is 47.1 Å². The van der Waals surface area contributed by atoms with Crippen molar-refractivity contribution in [3.63, 3.8) is 0 Å². The Kier molecular flexibility index (Phi) is 9.56. The number of ether oxygens (including phenoxy) is 2. The van der Waals surface area contributed by atoms with Gasteiger partial charge in [0.15, 0.2) is 0 Å². The van der Waals surface area contributed by atoms with E-state index < -0.39 is 13.6 Å². The molecule has 0 spiro atoms. The Hall–Kier alpha value is -2.15. The van der Waals surface area contributed by atoms with Gasteiger partial charge in [-0.1, -0.05) is 93.0 Å². The van der Waals surface area contributed by atoms with Gasteiger partial charge in [-0.05, 0) is 44.7 Å². The fourth-order valence-electron chi connectivity index (χ4n) is 4.34. The average Bonchev–Trinajstić information content (AvgIpc) is 2.84. The fourth-order valence-corrected chi connectivity index (χ4v) is 9.26. The Morgan fingerprint density at radius 1 is 0.914 bits per heavy atom. The minimum atomic E-state index is -2.80. The van der Waals surface area contributed by atoms with E-state index in [4.69, 9.17) is 37.1 Å². The third-order valence-electron chi connectivity index (χ3n) is 5.98. The number of hydrogen-bond acceptors (Lipinski definition) is 4. The highest BCUT2D eigenvalue weighted by atomic mass is 35.5. The number of halogens is 2. The van der Waals surface area contributed by atoms with Crippen molar-refractivity contribution in [3.05, 3.63) is 88.9 Å². The molecule has 0 heterocycles. The van der Waals surface area contributed by atoms with Crippen molar-refractivity contribution in [2.45, 2.75) is 38.8 Å². The van der Waals surface area contributed by atoms with Crippen LogP contribution in [0.25, 0.3) is 0 Å². The van der Waals surface area contributed by atoms with E-state index >= 15 is 0 Å². The van der Waals surface area contributed by atoms with Crippen molar-refractivity contribution in [2.75, 3.05) is 20.3 Å². The minimum absolute atomic E-state index is 0.187. The number of carbonyl (C=O) groups excluding carboxylic acids is 1. The molecule has 0 unspecified atom stereocenters. The Morgan fingerprint density at radius 2 is 1.49 bits per heavy atom. The highest BCUT2D eigenvalue weighted by Gasteiger charge is 2.50. The fraction of sp³-hybridized carbons (Fsp3) is 0.321. The normalized spacial score (nSPS) is 11.9. The second-order valence-electron chi connectivity index (χ2n) is 9.36. The van der Waals surface area contributed by atoms with Gasteiger partial charge < -0.3 is 13.9 Å². The molecule has 0 atom stereocenters. The third-order valence-corrected chi connectivity index (χ3v) is 11.5. The summed E-state index contributed by atoms with van der Waals surface area (Å²) >= 11 is 12.4.